The molecule has 1 atom stereocenters. The zero-order chi connectivity index (χ0) is 18.9. The van der Waals surface area contributed by atoms with E-state index in [2.05, 4.69) is 5.32 Å². The number of amides is 2. The quantitative estimate of drug-likeness (QED) is 0.772. The van der Waals surface area contributed by atoms with Crippen molar-refractivity contribution in [3.05, 3.63) is 65.7 Å². The molecule has 2 rings (SSSR count). The summed E-state index contributed by atoms with van der Waals surface area (Å²) in [6.45, 7) is 1.36. The van der Waals surface area contributed by atoms with Crippen molar-refractivity contribution in [3.63, 3.8) is 0 Å². The van der Waals surface area contributed by atoms with Crippen LogP contribution in [0.4, 0.5) is 0 Å². The molecule has 0 spiro atoms. The Balaban J connectivity index is 1.87. The molecule has 2 amide bonds. The first kappa shape index (κ1) is 19.2. The van der Waals surface area contributed by atoms with Gasteiger partial charge in [0.25, 0.3) is 11.8 Å². The Hall–Kier alpha value is -3.15. The zero-order valence-corrected chi connectivity index (χ0v) is 14.7. The van der Waals surface area contributed by atoms with Gasteiger partial charge in [0.15, 0.2) is 6.61 Å². The molecule has 1 N–H and O–H groups in total. The Morgan fingerprint density at radius 1 is 1.00 bits per heavy atom. The molecule has 2 aromatic carbocycles. The molecular weight excluding hydrogens is 334 g/mol. The van der Waals surface area contributed by atoms with E-state index >= 15 is 0 Å². The minimum atomic E-state index is -0.679. The first-order chi connectivity index (χ1) is 12.5. The fourth-order valence-electron chi connectivity index (χ4n) is 2.44. The number of hydrogen-bond acceptors (Lipinski definition) is 5. The Bertz CT molecular complexity index is 756. The lowest BCUT2D eigenvalue weighted by Gasteiger charge is -2.14. The molecule has 0 aliphatic rings. The molecule has 0 aromatic heterocycles. The summed E-state index contributed by atoms with van der Waals surface area (Å²) in [6, 6.07) is 15.5. The molecule has 136 valence electrons. The maximum absolute atomic E-state index is 12.2. The van der Waals surface area contributed by atoms with Gasteiger partial charge in [-0.1, -0.05) is 37.3 Å². The van der Waals surface area contributed by atoms with Crippen molar-refractivity contribution in [2.45, 2.75) is 19.3 Å². The number of benzene rings is 2. The average Bonchev–Trinajstić information content (AvgIpc) is 2.68. The van der Waals surface area contributed by atoms with Crippen LogP contribution >= 0.6 is 0 Å². The lowest BCUT2D eigenvalue weighted by Crippen LogP contribution is -2.34. The van der Waals surface area contributed by atoms with Gasteiger partial charge in [-0.05, 0) is 36.2 Å². The number of carbonyl (C=O) groups is 3. The van der Waals surface area contributed by atoms with Crippen LogP contribution in [0.15, 0.2) is 54.6 Å². The predicted octanol–water partition coefficient (Wildman–Crippen LogP) is 2.69. The van der Waals surface area contributed by atoms with Gasteiger partial charge in [-0.3, -0.25) is 19.7 Å². The van der Waals surface area contributed by atoms with Crippen LogP contribution in [0.25, 0.3) is 0 Å². The number of methoxy groups -OCH3 is 1. The van der Waals surface area contributed by atoms with Crippen LogP contribution in [-0.2, 0) is 14.3 Å². The van der Waals surface area contributed by atoms with Gasteiger partial charge in [-0.2, -0.15) is 0 Å². The molecule has 6 nitrogen and oxygen atoms in total. The summed E-state index contributed by atoms with van der Waals surface area (Å²) in [5, 5.41) is 2.19. The van der Waals surface area contributed by atoms with Gasteiger partial charge in [0.2, 0.25) is 0 Å². The number of esters is 1. The third-order valence-corrected chi connectivity index (χ3v) is 3.85. The highest BCUT2D eigenvalue weighted by Gasteiger charge is 2.21. The second-order valence-corrected chi connectivity index (χ2v) is 5.59. The van der Waals surface area contributed by atoms with Gasteiger partial charge in [0.05, 0.1) is 13.0 Å². The average molecular weight is 355 g/mol. The first-order valence-corrected chi connectivity index (χ1v) is 8.25. The maximum Gasteiger partial charge on any atom is 0.313 e. The van der Waals surface area contributed by atoms with Crippen molar-refractivity contribution in [2.24, 2.45) is 0 Å². The number of ether oxygens (including phenoxy) is 2. The molecular formula is C20H21NO5. The lowest BCUT2D eigenvalue weighted by molar-refractivity contribution is -0.149. The molecule has 0 bridgehead atoms. The minimum absolute atomic E-state index is 0.307. The summed E-state index contributed by atoms with van der Waals surface area (Å²) < 4.78 is 10.1. The predicted molar refractivity (Wildman–Crippen MR) is 95.9 cm³/mol. The molecule has 0 radical (unpaired) electrons. The van der Waals surface area contributed by atoms with Crippen LogP contribution in [0.5, 0.6) is 5.75 Å². The Kier molecular flexibility index (Phi) is 6.91. The molecule has 0 fully saturated rings. The SMILES string of the molecule is CCC(C(=O)OCC(=O)NC(=O)c1ccc(OC)cc1)c1ccccc1. The van der Waals surface area contributed by atoms with E-state index in [-0.39, 0.29) is 0 Å². The summed E-state index contributed by atoms with van der Waals surface area (Å²) >= 11 is 0. The zero-order valence-electron chi connectivity index (χ0n) is 14.7. The van der Waals surface area contributed by atoms with Crippen molar-refractivity contribution in [1.82, 2.24) is 5.32 Å². The number of imide groups is 1. The number of rotatable bonds is 7. The highest BCUT2D eigenvalue weighted by atomic mass is 16.5. The van der Waals surface area contributed by atoms with Crippen LogP contribution < -0.4 is 10.1 Å². The van der Waals surface area contributed by atoms with E-state index in [1.165, 1.54) is 19.2 Å². The molecule has 0 aliphatic heterocycles. The number of carbonyl (C=O) groups excluding carboxylic acids is 3. The standard InChI is InChI=1S/C20H21NO5/c1-3-17(14-7-5-4-6-8-14)20(24)26-13-18(22)21-19(23)15-9-11-16(25-2)12-10-15/h4-12,17H,3,13H2,1-2H3,(H,21,22,23). The van der Waals surface area contributed by atoms with Crippen LogP contribution in [0.2, 0.25) is 0 Å². The largest absolute Gasteiger partial charge is 0.497 e. The topological polar surface area (TPSA) is 81.7 Å². The highest BCUT2D eigenvalue weighted by molar-refractivity contribution is 6.05. The third-order valence-electron chi connectivity index (χ3n) is 3.85. The van der Waals surface area contributed by atoms with E-state index < -0.39 is 30.3 Å². The fraction of sp³-hybridized carbons (Fsp3) is 0.250. The molecule has 26 heavy (non-hydrogen) atoms. The third kappa shape index (κ3) is 5.17. The summed E-state index contributed by atoms with van der Waals surface area (Å²) in [6.07, 6.45) is 0.551. The fourth-order valence-corrected chi connectivity index (χ4v) is 2.44. The van der Waals surface area contributed by atoms with Crippen LogP contribution in [-0.4, -0.2) is 31.5 Å². The van der Waals surface area contributed by atoms with Crippen molar-refractivity contribution in [1.29, 1.82) is 0 Å². The molecule has 2 aromatic rings. The molecule has 6 heteroatoms. The molecule has 0 aliphatic carbocycles. The second kappa shape index (κ2) is 9.36. The summed E-state index contributed by atoms with van der Waals surface area (Å²) in [5.41, 5.74) is 1.14. The lowest BCUT2D eigenvalue weighted by atomic mass is 9.97. The monoisotopic (exact) mass is 355 g/mol. The number of hydrogen-bond donors (Lipinski definition) is 1. The minimum Gasteiger partial charge on any atom is -0.497 e. The van der Waals surface area contributed by atoms with Crippen molar-refractivity contribution in [2.75, 3.05) is 13.7 Å². The Morgan fingerprint density at radius 3 is 2.23 bits per heavy atom. The first-order valence-electron chi connectivity index (χ1n) is 8.25. The molecule has 0 heterocycles. The molecule has 0 saturated carbocycles. The van der Waals surface area contributed by atoms with Crippen molar-refractivity contribution < 1.29 is 23.9 Å². The van der Waals surface area contributed by atoms with Crippen LogP contribution in [0, 0.1) is 0 Å². The smallest absolute Gasteiger partial charge is 0.313 e. The highest BCUT2D eigenvalue weighted by Crippen LogP contribution is 2.20. The number of nitrogens with one attached hydrogen (secondary N) is 1. The molecule has 0 saturated heterocycles. The van der Waals surface area contributed by atoms with Crippen molar-refractivity contribution >= 4 is 17.8 Å². The van der Waals surface area contributed by atoms with E-state index in [4.69, 9.17) is 9.47 Å². The van der Waals surface area contributed by atoms with Gasteiger partial charge in [0, 0.05) is 5.56 Å². The van der Waals surface area contributed by atoms with Crippen molar-refractivity contribution in [3.8, 4) is 5.75 Å². The Labute approximate surface area is 152 Å². The van der Waals surface area contributed by atoms with E-state index in [1.54, 1.807) is 12.1 Å². The normalized spacial score (nSPS) is 11.3. The second-order valence-electron chi connectivity index (χ2n) is 5.59. The van der Waals surface area contributed by atoms with Crippen LogP contribution in [0.3, 0.4) is 0 Å². The van der Waals surface area contributed by atoms with Gasteiger partial charge in [0.1, 0.15) is 5.75 Å². The summed E-state index contributed by atoms with van der Waals surface area (Å²) in [7, 11) is 1.52. The van der Waals surface area contributed by atoms with Gasteiger partial charge in [-0.25, -0.2) is 0 Å². The van der Waals surface area contributed by atoms with Gasteiger partial charge in [-0.15, -0.1) is 0 Å². The van der Waals surface area contributed by atoms with Gasteiger partial charge < -0.3 is 9.47 Å². The van der Waals surface area contributed by atoms with Gasteiger partial charge >= 0.3 is 5.97 Å². The maximum atomic E-state index is 12.2. The Morgan fingerprint density at radius 2 is 1.65 bits per heavy atom. The van der Waals surface area contributed by atoms with E-state index in [0.29, 0.717) is 17.7 Å². The van der Waals surface area contributed by atoms with Crippen LogP contribution in [0.1, 0.15) is 35.2 Å². The summed E-state index contributed by atoms with van der Waals surface area (Å²) in [4.78, 5) is 36.1. The summed E-state index contributed by atoms with van der Waals surface area (Å²) in [5.74, 6) is -1.58. The van der Waals surface area contributed by atoms with E-state index in [1.807, 2.05) is 37.3 Å². The van der Waals surface area contributed by atoms with E-state index in [0.717, 1.165) is 5.56 Å². The van der Waals surface area contributed by atoms with E-state index in [9.17, 15) is 14.4 Å². The molecule has 1 unspecified atom stereocenters.